The minimum atomic E-state index is -1.17. The minimum Gasteiger partial charge on any atom is -0.872 e. The minimum absolute atomic E-state index is 0.0824. The van der Waals surface area contributed by atoms with E-state index >= 15 is 0 Å². The summed E-state index contributed by atoms with van der Waals surface area (Å²) >= 11 is 0. The molecule has 0 atom stereocenters. The van der Waals surface area contributed by atoms with Gasteiger partial charge in [-0.05, 0) is 23.8 Å². The van der Waals surface area contributed by atoms with Crippen LogP contribution in [0.2, 0.25) is 0 Å². The number of ketones is 1. The van der Waals surface area contributed by atoms with Crippen LogP contribution in [0.1, 0.15) is 26.3 Å². The standard InChI is InChI=1S/C16H12O4/c17-14(8-6-11-4-2-1-3-5-11)13-10-12(16(19)20)7-9-15(13)18/h1-10,18H,(H,19,20)/p-1/b8-6+. The monoisotopic (exact) mass is 267 g/mol. The van der Waals surface area contributed by atoms with Crippen LogP contribution in [-0.4, -0.2) is 16.9 Å². The Labute approximate surface area is 115 Å². The topological polar surface area (TPSA) is 77.4 Å². The number of hydrogen-bond donors (Lipinski definition) is 1. The summed E-state index contributed by atoms with van der Waals surface area (Å²) in [6.07, 6.45) is 2.84. The first-order valence-corrected chi connectivity index (χ1v) is 5.90. The zero-order valence-electron chi connectivity index (χ0n) is 10.4. The third-order valence-corrected chi connectivity index (χ3v) is 2.72. The van der Waals surface area contributed by atoms with Crippen LogP contribution in [0.5, 0.6) is 5.75 Å². The number of carboxylic acid groups (broad SMARTS) is 1. The van der Waals surface area contributed by atoms with Gasteiger partial charge >= 0.3 is 5.97 Å². The van der Waals surface area contributed by atoms with Gasteiger partial charge in [0, 0.05) is 5.56 Å². The Morgan fingerprint density at radius 3 is 2.40 bits per heavy atom. The van der Waals surface area contributed by atoms with Crippen molar-refractivity contribution in [2.75, 3.05) is 0 Å². The molecule has 2 rings (SSSR count). The van der Waals surface area contributed by atoms with E-state index in [-0.39, 0.29) is 11.1 Å². The normalized spacial score (nSPS) is 10.6. The van der Waals surface area contributed by atoms with Crippen LogP contribution in [0, 0.1) is 0 Å². The molecule has 0 aliphatic rings. The molecule has 0 aromatic heterocycles. The van der Waals surface area contributed by atoms with Crippen LogP contribution >= 0.6 is 0 Å². The highest BCUT2D eigenvalue weighted by atomic mass is 16.4. The third-order valence-electron chi connectivity index (χ3n) is 2.72. The van der Waals surface area contributed by atoms with E-state index in [1.54, 1.807) is 6.08 Å². The molecule has 100 valence electrons. The van der Waals surface area contributed by atoms with Crippen molar-refractivity contribution >= 4 is 17.8 Å². The fraction of sp³-hybridized carbons (Fsp3) is 0. The van der Waals surface area contributed by atoms with Crippen LogP contribution in [0.3, 0.4) is 0 Å². The van der Waals surface area contributed by atoms with Crippen LogP contribution < -0.4 is 5.11 Å². The fourth-order valence-electron chi connectivity index (χ4n) is 1.68. The molecule has 0 aliphatic heterocycles. The van der Waals surface area contributed by atoms with Gasteiger partial charge in [-0.15, -0.1) is 0 Å². The third kappa shape index (κ3) is 3.11. The van der Waals surface area contributed by atoms with Crippen molar-refractivity contribution in [2.45, 2.75) is 0 Å². The maximum absolute atomic E-state index is 11.9. The van der Waals surface area contributed by atoms with Crippen LogP contribution in [0.15, 0.2) is 54.6 Å². The Bertz CT molecular complexity index is 672. The van der Waals surface area contributed by atoms with E-state index in [1.165, 1.54) is 12.1 Å². The number of allylic oxidation sites excluding steroid dienone is 1. The van der Waals surface area contributed by atoms with Gasteiger partial charge in [-0.1, -0.05) is 48.2 Å². The van der Waals surface area contributed by atoms with Crippen LogP contribution in [-0.2, 0) is 0 Å². The van der Waals surface area contributed by atoms with Crippen molar-refractivity contribution < 1.29 is 19.8 Å². The molecular formula is C16H11O4-. The van der Waals surface area contributed by atoms with Gasteiger partial charge in [0.05, 0.1) is 5.56 Å². The van der Waals surface area contributed by atoms with Crippen molar-refractivity contribution in [3.8, 4) is 5.75 Å². The molecule has 1 N–H and O–H groups in total. The van der Waals surface area contributed by atoms with Crippen molar-refractivity contribution in [3.05, 3.63) is 71.3 Å². The lowest BCUT2D eigenvalue weighted by Gasteiger charge is -2.11. The van der Waals surface area contributed by atoms with Crippen molar-refractivity contribution in [3.63, 3.8) is 0 Å². The Morgan fingerprint density at radius 2 is 1.75 bits per heavy atom. The zero-order valence-corrected chi connectivity index (χ0v) is 10.4. The molecule has 0 heterocycles. The lowest BCUT2D eigenvalue weighted by Crippen LogP contribution is -2.06. The van der Waals surface area contributed by atoms with E-state index in [0.29, 0.717) is 0 Å². The van der Waals surface area contributed by atoms with Crippen LogP contribution in [0.25, 0.3) is 6.08 Å². The highest BCUT2D eigenvalue weighted by Crippen LogP contribution is 2.17. The summed E-state index contributed by atoms with van der Waals surface area (Å²) in [5.74, 6) is -2.18. The molecule has 0 bridgehead atoms. The molecule has 0 saturated carbocycles. The van der Waals surface area contributed by atoms with Gasteiger partial charge in [-0.3, -0.25) is 4.79 Å². The smallest absolute Gasteiger partial charge is 0.335 e. The summed E-state index contributed by atoms with van der Waals surface area (Å²) in [7, 11) is 0. The van der Waals surface area contributed by atoms with Gasteiger partial charge in [-0.2, -0.15) is 0 Å². The Hall–Kier alpha value is -2.88. The second-order valence-electron chi connectivity index (χ2n) is 4.12. The number of aromatic carboxylic acids is 1. The van der Waals surface area contributed by atoms with Crippen molar-refractivity contribution in [1.82, 2.24) is 0 Å². The molecular weight excluding hydrogens is 256 g/mol. The summed E-state index contributed by atoms with van der Waals surface area (Å²) in [5.41, 5.74) is 0.598. The largest absolute Gasteiger partial charge is 0.872 e. The number of benzene rings is 2. The highest BCUT2D eigenvalue weighted by molar-refractivity contribution is 6.09. The quantitative estimate of drug-likeness (QED) is 0.681. The number of carbonyl (C=O) groups is 2. The maximum Gasteiger partial charge on any atom is 0.335 e. The Balaban J connectivity index is 2.27. The molecule has 2 aromatic carbocycles. The summed E-state index contributed by atoms with van der Waals surface area (Å²) in [4.78, 5) is 22.8. The van der Waals surface area contributed by atoms with Gasteiger partial charge in [0.1, 0.15) is 0 Å². The first-order valence-electron chi connectivity index (χ1n) is 5.90. The molecule has 0 aliphatic carbocycles. The molecule has 4 nitrogen and oxygen atoms in total. The maximum atomic E-state index is 11.9. The highest BCUT2D eigenvalue weighted by Gasteiger charge is 2.08. The lowest BCUT2D eigenvalue weighted by molar-refractivity contribution is -0.268. The van der Waals surface area contributed by atoms with Crippen LogP contribution in [0.4, 0.5) is 0 Å². The van der Waals surface area contributed by atoms with Crippen molar-refractivity contribution in [1.29, 1.82) is 0 Å². The van der Waals surface area contributed by atoms with Gasteiger partial charge in [0.15, 0.2) is 5.78 Å². The zero-order chi connectivity index (χ0) is 14.5. The average Bonchev–Trinajstić information content (AvgIpc) is 2.46. The lowest BCUT2D eigenvalue weighted by atomic mass is 10.0. The van der Waals surface area contributed by atoms with Gasteiger partial charge in [0.25, 0.3) is 0 Å². The molecule has 0 fully saturated rings. The van der Waals surface area contributed by atoms with E-state index in [2.05, 4.69) is 0 Å². The Kier molecular flexibility index (Phi) is 3.96. The average molecular weight is 267 g/mol. The van der Waals surface area contributed by atoms with Gasteiger partial charge in [0.2, 0.25) is 0 Å². The SMILES string of the molecule is O=C(O)c1ccc([O-])c(C(=O)/C=C/c2ccccc2)c1. The van der Waals surface area contributed by atoms with E-state index in [4.69, 9.17) is 5.11 Å². The predicted molar refractivity (Wildman–Crippen MR) is 72.7 cm³/mol. The number of carboxylic acids is 1. The second kappa shape index (κ2) is 5.84. The van der Waals surface area contributed by atoms with E-state index in [9.17, 15) is 14.7 Å². The fourth-order valence-corrected chi connectivity index (χ4v) is 1.68. The summed E-state index contributed by atoms with van der Waals surface area (Å²) < 4.78 is 0. The first kappa shape index (κ1) is 13.5. The molecule has 0 spiro atoms. The van der Waals surface area contributed by atoms with E-state index in [1.807, 2.05) is 30.3 Å². The molecule has 0 radical (unpaired) electrons. The van der Waals surface area contributed by atoms with E-state index < -0.39 is 17.5 Å². The van der Waals surface area contributed by atoms with Gasteiger partial charge in [-0.25, -0.2) is 4.79 Å². The second-order valence-corrected chi connectivity index (χ2v) is 4.12. The van der Waals surface area contributed by atoms with Crippen molar-refractivity contribution in [2.24, 2.45) is 0 Å². The molecule has 20 heavy (non-hydrogen) atoms. The molecule has 0 amide bonds. The number of hydrogen-bond acceptors (Lipinski definition) is 3. The predicted octanol–water partition coefficient (Wildman–Crippen LogP) is 2.35. The number of rotatable bonds is 4. The Morgan fingerprint density at radius 1 is 1.05 bits per heavy atom. The molecule has 0 unspecified atom stereocenters. The molecule has 0 saturated heterocycles. The molecule has 2 aromatic rings. The summed E-state index contributed by atoms with van der Waals surface area (Å²) in [6.45, 7) is 0. The first-order chi connectivity index (χ1) is 9.58. The number of carbonyl (C=O) groups excluding carboxylic acids is 1. The molecule has 4 heteroatoms. The van der Waals surface area contributed by atoms with Gasteiger partial charge < -0.3 is 10.2 Å². The summed E-state index contributed by atoms with van der Waals surface area (Å²) in [6, 6.07) is 12.5. The van der Waals surface area contributed by atoms with E-state index in [0.717, 1.165) is 17.7 Å². The summed E-state index contributed by atoms with van der Waals surface area (Å²) in [5, 5.41) is 20.5.